The van der Waals surface area contributed by atoms with Gasteiger partial charge in [0, 0.05) is 19.6 Å². The van der Waals surface area contributed by atoms with Gasteiger partial charge in [0.2, 0.25) is 0 Å². The third kappa shape index (κ3) is 3.69. The Hall–Kier alpha value is -1.39. The second-order valence-corrected chi connectivity index (χ2v) is 3.28. The van der Waals surface area contributed by atoms with Gasteiger partial charge in [-0.2, -0.15) is 0 Å². The molecule has 0 aliphatic carbocycles. The summed E-state index contributed by atoms with van der Waals surface area (Å²) in [7, 11) is 0. The monoisotopic (exact) mass is 209 g/mol. The number of esters is 1. The first-order valence-electron chi connectivity index (χ1n) is 4.78. The summed E-state index contributed by atoms with van der Waals surface area (Å²) in [6.45, 7) is 1.41. The SMILES string of the molecule is CC(=O)Oc1ccc([C@@H](N)CCO)cc1. The quantitative estimate of drug-likeness (QED) is 0.573. The molecular weight excluding hydrogens is 194 g/mol. The van der Waals surface area contributed by atoms with Gasteiger partial charge in [0.1, 0.15) is 5.75 Å². The summed E-state index contributed by atoms with van der Waals surface area (Å²) in [4.78, 5) is 10.7. The Bertz CT molecular complexity index is 321. The van der Waals surface area contributed by atoms with Crippen molar-refractivity contribution in [2.24, 2.45) is 5.73 Å². The predicted octanol–water partition coefficient (Wildman–Crippen LogP) is 0.994. The van der Waals surface area contributed by atoms with E-state index in [0.29, 0.717) is 12.2 Å². The largest absolute Gasteiger partial charge is 0.427 e. The molecule has 0 saturated carbocycles. The Morgan fingerprint density at radius 1 is 1.47 bits per heavy atom. The van der Waals surface area contributed by atoms with Crippen molar-refractivity contribution in [3.63, 3.8) is 0 Å². The van der Waals surface area contributed by atoms with Gasteiger partial charge in [-0.3, -0.25) is 4.79 Å². The topological polar surface area (TPSA) is 72.5 Å². The summed E-state index contributed by atoms with van der Waals surface area (Å²) in [5, 5.41) is 8.72. The Balaban J connectivity index is 2.67. The molecule has 1 aromatic carbocycles. The van der Waals surface area contributed by atoms with Gasteiger partial charge in [0.05, 0.1) is 0 Å². The van der Waals surface area contributed by atoms with Gasteiger partial charge in [-0.1, -0.05) is 12.1 Å². The predicted molar refractivity (Wildman–Crippen MR) is 56.4 cm³/mol. The van der Waals surface area contributed by atoms with Crippen LogP contribution in [0, 0.1) is 0 Å². The van der Waals surface area contributed by atoms with Crippen molar-refractivity contribution < 1.29 is 14.6 Å². The molecule has 0 spiro atoms. The average molecular weight is 209 g/mol. The van der Waals surface area contributed by atoms with Gasteiger partial charge < -0.3 is 15.6 Å². The number of carbonyl (C=O) groups is 1. The Kier molecular flexibility index (Phi) is 4.27. The van der Waals surface area contributed by atoms with Crippen LogP contribution in [0.25, 0.3) is 0 Å². The van der Waals surface area contributed by atoms with E-state index >= 15 is 0 Å². The van der Waals surface area contributed by atoms with Crippen molar-refractivity contribution in [3.05, 3.63) is 29.8 Å². The van der Waals surface area contributed by atoms with E-state index in [1.54, 1.807) is 24.3 Å². The summed E-state index contributed by atoms with van der Waals surface area (Å²) in [6, 6.07) is 6.78. The zero-order valence-corrected chi connectivity index (χ0v) is 8.64. The maximum absolute atomic E-state index is 10.7. The van der Waals surface area contributed by atoms with E-state index in [0.717, 1.165) is 5.56 Å². The van der Waals surface area contributed by atoms with Crippen LogP contribution in [0.2, 0.25) is 0 Å². The number of aliphatic hydroxyl groups excluding tert-OH is 1. The van der Waals surface area contributed by atoms with E-state index in [4.69, 9.17) is 15.6 Å². The second kappa shape index (κ2) is 5.48. The van der Waals surface area contributed by atoms with E-state index in [1.165, 1.54) is 6.92 Å². The number of hydrogen-bond donors (Lipinski definition) is 2. The molecule has 0 saturated heterocycles. The maximum atomic E-state index is 10.7. The molecule has 3 N–H and O–H groups in total. The van der Waals surface area contributed by atoms with Crippen LogP contribution >= 0.6 is 0 Å². The third-order valence-electron chi connectivity index (χ3n) is 2.01. The van der Waals surface area contributed by atoms with Gasteiger partial charge in [0.15, 0.2) is 0 Å². The lowest BCUT2D eigenvalue weighted by Crippen LogP contribution is -2.11. The van der Waals surface area contributed by atoms with Gasteiger partial charge in [-0.25, -0.2) is 0 Å². The molecule has 1 atom stereocenters. The van der Waals surface area contributed by atoms with E-state index in [1.807, 2.05) is 0 Å². The van der Waals surface area contributed by atoms with Crippen molar-refractivity contribution in [2.45, 2.75) is 19.4 Å². The lowest BCUT2D eigenvalue weighted by atomic mass is 10.1. The minimum absolute atomic E-state index is 0.0624. The smallest absolute Gasteiger partial charge is 0.308 e. The van der Waals surface area contributed by atoms with Gasteiger partial charge in [-0.15, -0.1) is 0 Å². The van der Waals surface area contributed by atoms with Crippen molar-refractivity contribution >= 4 is 5.97 Å². The maximum Gasteiger partial charge on any atom is 0.308 e. The van der Waals surface area contributed by atoms with Gasteiger partial charge in [-0.05, 0) is 24.1 Å². The highest BCUT2D eigenvalue weighted by Gasteiger charge is 2.05. The lowest BCUT2D eigenvalue weighted by Gasteiger charge is -2.10. The van der Waals surface area contributed by atoms with Crippen LogP contribution in [-0.4, -0.2) is 17.7 Å². The Morgan fingerprint density at radius 2 is 2.07 bits per heavy atom. The normalized spacial score (nSPS) is 12.2. The molecule has 15 heavy (non-hydrogen) atoms. The molecule has 0 bridgehead atoms. The number of ether oxygens (including phenoxy) is 1. The fraction of sp³-hybridized carbons (Fsp3) is 0.364. The molecule has 0 aromatic heterocycles. The number of carbonyl (C=O) groups excluding carboxylic acids is 1. The standard InChI is InChI=1S/C11H15NO3/c1-8(14)15-10-4-2-9(3-5-10)11(12)6-7-13/h2-5,11,13H,6-7,12H2,1H3/t11-/m0/s1. The average Bonchev–Trinajstić information content (AvgIpc) is 2.18. The first kappa shape index (κ1) is 11.7. The first-order chi connectivity index (χ1) is 7.13. The van der Waals surface area contributed by atoms with Crippen molar-refractivity contribution in [1.82, 2.24) is 0 Å². The van der Waals surface area contributed by atoms with Gasteiger partial charge >= 0.3 is 5.97 Å². The van der Waals surface area contributed by atoms with Crippen molar-refractivity contribution in [3.8, 4) is 5.75 Å². The molecule has 0 amide bonds. The highest BCUT2D eigenvalue weighted by Crippen LogP contribution is 2.18. The zero-order chi connectivity index (χ0) is 11.3. The van der Waals surface area contributed by atoms with Crippen LogP contribution < -0.4 is 10.5 Å². The summed E-state index contributed by atoms with van der Waals surface area (Å²) < 4.78 is 4.88. The second-order valence-electron chi connectivity index (χ2n) is 3.28. The van der Waals surface area contributed by atoms with E-state index in [-0.39, 0.29) is 18.6 Å². The van der Waals surface area contributed by atoms with Crippen LogP contribution in [0.1, 0.15) is 24.9 Å². The van der Waals surface area contributed by atoms with Gasteiger partial charge in [0.25, 0.3) is 0 Å². The van der Waals surface area contributed by atoms with E-state index < -0.39 is 0 Å². The van der Waals surface area contributed by atoms with Crippen LogP contribution in [0.3, 0.4) is 0 Å². The molecule has 4 heteroatoms. The van der Waals surface area contributed by atoms with Crippen LogP contribution in [0.4, 0.5) is 0 Å². The molecule has 82 valence electrons. The molecule has 0 aliphatic heterocycles. The summed E-state index contributed by atoms with van der Waals surface area (Å²) in [5.41, 5.74) is 6.71. The summed E-state index contributed by atoms with van der Waals surface area (Å²) >= 11 is 0. The Morgan fingerprint density at radius 3 is 2.53 bits per heavy atom. The fourth-order valence-electron chi connectivity index (χ4n) is 1.25. The van der Waals surface area contributed by atoms with Crippen LogP contribution in [0.15, 0.2) is 24.3 Å². The highest BCUT2D eigenvalue weighted by atomic mass is 16.5. The number of nitrogens with two attached hydrogens (primary N) is 1. The number of aliphatic hydroxyl groups is 1. The number of hydrogen-bond acceptors (Lipinski definition) is 4. The molecule has 4 nitrogen and oxygen atoms in total. The molecule has 0 unspecified atom stereocenters. The van der Waals surface area contributed by atoms with Crippen molar-refractivity contribution in [1.29, 1.82) is 0 Å². The molecule has 0 fully saturated rings. The fourth-order valence-corrected chi connectivity index (χ4v) is 1.25. The summed E-state index contributed by atoms with van der Waals surface area (Å²) in [5.74, 6) is 0.157. The molecule has 0 aliphatic rings. The molecule has 0 heterocycles. The number of benzene rings is 1. The highest BCUT2D eigenvalue weighted by molar-refractivity contribution is 5.69. The van der Waals surface area contributed by atoms with E-state index in [2.05, 4.69) is 0 Å². The number of rotatable bonds is 4. The third-order valence-corrected chi connectivity index (χ3v) is 2.01. The van der Waals surface area contributed by atoms with Crippen LogP contribution in [0.5, 0.6) is 5.75 Å². The zero-order valence-electron chi connectivity index (χ0n) is 8.64. The minimum atomic E-state index is -0.345. The van der Waals surface area contributed by atoms with E-state index in [9.17, 15) is 4.79 Å². The Labute approximate surface area is 88.7 Å². The molecule has 1 rings (SSSR count). The molecular formula is C11H15NO3. The molecule has 1 aromatic rings. The van der Waals surface area contributed by atoms with Crippen LogP contribution in [-0.2, 0) is 4.79 Å². The van der Waals surface area contributed by atoms with Crippen molar-refractivity contribution in [2.75, 3.05) is 6.61 Å². The lowest BCUT2D eigenvalue weighted by molar-refractivity contribution is -0.131. The molecule has 0 radical (unpaired) electrons. The minimum Gasteiger partial charge on any atom is -0.427 e. The summed E-state index contributed by atoms with van der Waals surface area (Å²) in [6.07, 6.45) is 0.521. The first-order valence-corrected chi connectivity index (χ1v) is 4.78.